The first-order valence-corrected chi connectivity index (χ1v) is 8.64. The summed E-state index contributed by atoms with van der Waals surface area (Å²) in [5, 5.41) is 18.0. The molecule has 1 atom stereocenters. The number of benzene rings is 2. The quantitative estimate of drug-likeness (QED) is 0.568. The second-order valence-corrected chi connectivity index (χ2v) is 7.04. The molecule has 6 heteroatoms. The topological polar surface area (TPSA) is 59.4 Å². The fraction of sp³-hybridized carbons (Fsp3) is 0.167. The molecule has 4 aromatic rings. The molecule has 4 rings (SSSR count). The molecule has 0 amide bonds. The summed E-state index contributed by atoms with van der Waals surface area (Å²) in [5.41, 5.74) is 4.41. The third kappa shape index (κ3) is 2.69. The van der Waals surface area contributed by atoms with E-state index in [1.165, 1.54) is 5.56 Å². The van der Waals surface area contributed by atoms with Crippen LogP contribution < -0.4 is 0 Å². The van der Waals surface area contributed by atoms with E-state index in [0.717, 1.165) is 27.3 Å². The normalized spacial score (nSPS) is 12.6. The second-order valence-electron chi connectivity index (χ2n) is 5.73. The number of fused-ring (bicyclic) bond motifs is 1. The Labute approximate surface area is 144 Å². The number of aryl methyl sites for hydroxylation is 1. The van der Waals surface area contributed by atoms with Crippen LogP contribution in [-0.4, -0.2) is 25.0 Å². The van der Waals surface area contributed by atoms with Gasteiger partial charge in [-0.3, -0.25) is 5.10 Å². The smallest absolute Gasteiger partial charge is 0.191 e. The molecule has 0 spiro atoms. The van der Waals surface area contributed by atoms with Crippen molar-refractivity contribution in [2.24, 2.45) is 7.05 Å². The van der Waals surface area contributed by atoms with Crippen LogP contribution in [0.1, 0.15) is 17.7 Å². The molecule has 120 valence electrons. The summed E-state index contributed by atoms with van der Waals surface area (Å²) in [6, 6.07) is 16.7. The minimum Gasteiger partial charge on any atom is -0.312 e. The molecule has 1 N–H and O–H groups in total. The molecule has 0 bridgehead atoms. The SMILES string of the molecule is C[C@@H](Sc1nncn1C)c1cccc(-c2n[nH]c3ccccc23)c1. The first kappa shape index (κ1) is 15.0. The Morgan fingerprint density at radius 3 is 2.83 bits per heavy atom. The van der Waals surface area contributed by atoms with E-state index in [1.807, 2.05) is 29.8 Å². The Hall–Kier alpha value is -2.60. The van der Waals surface area contributed by atoms with E-state index in [1.54, 1.807) is 18.1 Å². The molecule has 0 saturated heterocycles. The van der Waals surface area contributed by atoms with E-state index < -0.39 is 0 Å². The van der Waals surface area contributed by atoms with Crippen LogP contribution in [0.5, 0.6) is 0 Å². The lowest BCUT2D eigenvalue weighted by molar-refractivity contribution is 0.785. The van der Waals surface area contributed by atoms with E-state index in [9.17, 15) is 0 Å². The number of thioether (sulfide) groups is 1. The Bertz CT molecular complexity index is 988. The average molecular weight is 335 g/mol. The largest absolute Gasteiger partial charge is 0.312 e. The minimum absolute atomic E-state index is 0.276. The maximum Gasteiger partial charge on any atom is 0.191 e. The van der Waals surface area contributed by atoms with Crippen molar-refractivity contribution >= 4 is 22.7 Å². The maximum atomic E-state index is 4.50. The molecule has 0 radical (unpaired) electrons. The number of hydrogen-bond acceptors (Lipinski definition) is 4. The van der Waals surface area contributed by atoms with Crippen LogP contribution in [-0.2, 0) is 7.05 Å². The number of hydrogen-bond donors (Lipinski definition) is 1. The minimum atomic E-state index is 0.276. The lowest BCUT2D eigenvalue weighted by Crippen LogP contribution is -1.94. The predicted octanol–water partition coefficient (Wildman–Crippen LogP) is 4.21. The highest BCUT2D eigenvalue weighted by atomic mass is 32.2. The van der Waals surface area contributed by atoms with Crippen LogP contribution in [0.2, 0.25) is 0 Å². The van der Waals surface area contributed by atoms with Crippen molar-refractivity contribution in [1.29, 1.82) is 0 Å². The van der Waals surface area contributed by atoms with Gasteiger partial charge >= 0.3 is 0 Å². The van der Waals surface area contributed by atoms with Crippen LogP contribution in [0.15, 0.2) is 60.0 Å². The third-order valence-electron chi connectivity index (χ3n) is 4.05. The zero-order valence-corrected chi connectivity index (χ0v) is 14.3. The zero-order chi connectivity index (χ0) is 16.5. The molecule has 2 aromatic carbocycles. The number of nitrogens with zero attached hydrogens (tertiary/aromatic N) is 4. The van der Waals surface area contributed by atoms with E-state index in [-0.39, 0.29) is 5.25 Å². The molecule has 2 aromatic heterocycles. The van der Waals surface area contributed by atoms with Gasteiger partial charge in [0.1, 0.15) is 6.33 Å². The van der Waals surface area contributed by atoms with Crippen LogP contribution in [0.3, 0.4) is 0 Å². The van der Waals surface area contributed by atoms with Crippen LogP contribution in [0, 0.1) is 0 Å². The van der Waals surface area contributed by atoms with Crippen LogP contribution in [0.4, 0.5) is 0 Å². The van der Waals surface area contributed by atoms with Crippen molar-refractivity contribution in [2.45, 2.75) is 17.3 Å². The summed E-state index contributed by atoms with van der Waals surface area (Å²) in [5.74, 6) is 0. The molecule has 2 heterocycles. The summed E-state index contributed by atoms with van der Waals surface area (Å²) in [4.78, 5) is 0. The second kappa shape index (κ2) is 6.13. The first-order valence-electron chi connectivity index (χ1n) is 7.76. The highest BCUT2D eigenvalue weighted by molar-refractivity contribution is 7.99. The molecule has 24 heavy (non-hydrogen) atoms. The molecule has 0 fully saturated rings. The number of H-pyrrole nitrogens is 1. The van der Waals surface area contributed by atoms with Gasteiger partial charge in [-0.15, -0.1) is 10.2 Å². The molecular formula is C18H17N5S. The summed E-state index contributed by atoms with van der Waals surface area (Å²) < 4.78 is 1.94. The third-order valence-corrected chi connectivity index (χ3v) is 5.26. The summed E-state index contributed by atoms with van der Waals surface area (Å²) in [6.07, 6.45) is 1.72. The lowest BCUT2D eigenvalue weighted by atomic mass is 10.0. The lowest BCUT2D eigenvalue weighted by Gasteiger charge is -2.12. The van der Waals surface area contributed by atoms with Crippen molar-refractivity contribution in [1.82, 2.24) is 25.0 Å². The Morgan fingerprint density at radius 2 is 2.00 bits per heavy atom. The number of aromatic nitrogens is 5. The standard InChI is InChI=1S/C18H17N5S/c1-12(24-18-22-19-11-23(18)2)13-6-5-7-14(10-13)17-15-8-3-4-9-16(15)20-21-17/h3-12H,1-2H3,(H,20,21)/t12-/m1/s1. The molecule has 0 aliphatic rings. The fourth-order valence-electron chi connectivity index (χ4n) is 2.73. The Balaban J connectivity index is 1.67. The van der Waals surface area contributed by atoms with Crippen molar-refractivity contribution in [3.8, 4) is 11.3 Å². The average Bonchev–Trinajstić information content (AvgIpc) is 3.21. The molecule has 5 nitrogen and oxygen atoms in total. The molecule has 0 aliphatic carbocycles. The van der Waals surface area contributed by atoms with Gasteiger partial charge in [0, 0.05) is 23.2 Å². The Kier molecular flexibility index (Phi) is 3.82. The van der Waals surface area contributed by atoms with Crippen molar-refractivity contribution in [3.05, 3.63) is 60.4 Å². The first-order chi connectivity index (χ1) is 11.7. The monoisotopic (exact) mass is 335 g/mol. The van der Waals surface area contributed by atoms with Crippen LogP contribution in [0.25, 0.3) is 22.2 Å². The van der Waals surface area contributed by atoms with E-state index in [0.29, 0.717) is 0 Å². The number of aromatic amines is 1. The zero-order valence-electron chi connectivity index (χ0n) is 13.5. The van der Waals surface area contributed by atoms with Gasteiger partial charge in [0.25, 0.3) is 0 Å². The van der Waals surface area contributed by atoms with E-state index >= 15 is 0 Å². The maximum absolute atomic E-state index is 4.50. The number of para-hydroxylation sites is 1. The molecule has 0 saturated carbocycles. The predicted molar refractivity (Wildman–Crippen MR) is 96.8 cm³/mol. The van der Waals surface area contributed by atoms with Gasteiger partial charge in [0.2, 0.25) is 0 Å². The van der Waals surface area contributed by atoms with Crippen molar-refractivity contribution in [3.63, 3.8) is 0 Å². The van der Waals surface area contributed by atoms with Gasteiger partial charge in [-0.2, -0.15) is 5.10 Å². The molecule has 0 unspecified atom stereocenters. The van der Waals surface area contributed by atoms with Crippen molar-refractivity contribution in [2.75, 3.05) is 0 Å². The van der Waals surface area contributed by atoms with Gasteiger partial charge < -0.3 is 4.57 Å². The summed E-state index contributed by atoms with van der Waals surface area (Å²) in [6.45, 7) is 2.18. The fourth-order valence-corrected chi connectivity index (χ4v) is 3.63. The summed E-state index contributed by atoms with van der Waals surface area (Å²) >= 11 is 1.70. The van der Waals surface area contributed by atoms with E-state index in [2.05, 4.69) is 57.7 Å². The molecule has 0 aliphatic heterocycles. The molecular weight excluding hydrogens is 318 g/mol. The van der Waals surface area contributed by atoms with Gasteiger partial charge in [-0.05, 0) is 24.6 Å². The van der Waals surface area contributed by atoms with Gasteiger partial charge in [0.15, 0.2) is 5.16 Å². The van der Waals surface area contributed by atoms with Crippen LogP contribution >= 0.6 is 11.8 Å². The summed E-state index contributed by atoms with van der Waals surface area (Å²) in [7, 11) is 1.96. The number of rotatable bonds is 4. The highest BCUT2D eigenvalue weighted by Gasteiger charge is 2.13. The van der Waals surface area contributed by atoms with Gasteiger partial charge in [-0.1, -0.05) is 48.2 Å². The van der Waals surface area contributed by atoms with Crippen molar-refractivity contribution < 1.29 is 0 Å². The van der Waals surface area contributed by atoms with E-state index in [4.69, 9.17) is 0 Å². The van der Waals surface area contributed by atoms with Gasteiger partial charge in [0.05, 0.1) is 11.2 Å². The highest BCUT2D eigenvalue weighted by Crippen LogP contribution is 2.35. The number of nitrogens with one attached hydrogen (secondary N) is 1. The van der Waals surface area contributed by atoms with Gasteiger partial charge in [-0.25, -0.2) is 0 Å². The Morgan fingerprint density at radius 1 is 1.12 bits per heavy atom.